The molecule has 0 amide bonds. The zero-order valence-corrected chi connectivity index (χ0v) is 14.8. The van der Waals surface area contributed by atoms with Crippen LogP contribution in [0.1, 0.15) is 25.0 Å². The first-order valence-corrected chi connectivity index (χ1v) is 8.08. The van der Waals surface area contributed by atoms with Crippen molar-refractivity contribution in [3.05, 3.63) is 57.0 Å². The number of halogens is 2. The van der Waals surface area contributed by atoms with Crippen molar-refractivity contribution in [1.29, 1.82) is 0 Å². The predicted molar refractivity (Wildman–Crippen MR) is 92.4 cm³/mol. The summed E-state index contributed by atoms with van der Waals surface area (Å²) >= 11 is 9.78. The third kappa shape index (κ3) is 4.73. The number of nitrogens with one attached hydrogen (secondary N) is 1. The summed E-state index contributed by atoms with van der Waals surface area (Å²) in [5.74, 6) is 1.57. The zero-order valence-electron chi connectivity index (χ0n) is 12.4. The lowest BCUT2D eigenvalue weighted by Crippen LogP contribution is -2.21. The molecule has 0 saturated carbocycles. The summed E-state index contributed by atoms with van der Waals surface area (Å²) < 4.78 is 6.91. The van der Waals surface area contributed by atoms with E-state index in [0.29, 0.717) is 11.1 Å². The van der Waals surface area contributed by atoms with E-state index in [-0.39, 0.29) is 0 Å². The average molecular weight is 369 g/mol. The van der Waals surface area contributed by atoms with Gasteiger partial charge in [0.2, 0.25) is 0 Å². The molecule has 0 fully saturated rings. The van der Waals surface area contributed by atoms with Crippen LogP contribution in [0.15, 0.2) is 40.9 Å². The molecular weight excluding hydrogens is 350 g/mol. The Balaban J connectivity index is 2.14. The molecule has 0 aromatic heterocycles. The van der Waals surface area contributed by atoms with E-state index in [0.717, 1.165) is 33.6 Å². The Morgan fingerprint density at radius 3 is 2.62 bits per heavy atom. The van der Waals surface area contributed by atoms with Crippen molar-refractivity contribution < 1.29 is 4.74 Å². The molecule has 4 heteroatoms. The van der Waals surface area contributed by atoms with Crippen molar-refractivity contribution in [1.82, 2.24) is 5.32 Å². The SMILES string of the molecule is Cc1ccc(Br)cc1Oc1ccc(CNC(C)C)c(Cl)c1. The van der Waals surface area contributed by atoms with Gasteiger partial charge in [-0.05, 0) is 42.3 Å². The predicted octanol–water partition coefficient (Wildman–Crippen LogP) is 5.70. The van der Waals surface area contributed by atoms with Gasteiger partial charge in [0.25, 0.3) is 0 Å². The molecule has 0 unspecified atom stereocenters. The van der Waals surface area contributed by atoms with Crippen LogP contribution in [-0.2, 0) is 6.54 Å². The monoisotopic (exact) mass is 367 g/mol. The molecule has 0 radical (unpaired) electrons. The van der Waals surface area contributed by atoms with Crippen LogP contribution in [0.4, 0.5) is 0 Å². The summed E-state index contributed by atoms with van der Waals surface area (Å²) in [6.07, 6.45) is 0. The Hall–Kier alpha value is -1.03. The molecule has 2 aromatic carbocycles. The van der Waals surface area contributed by atoms with Crippen molar-refractivity contribution in [3.8, 4) is 11.5 Å². The highest BCUT2D eigenvalue weighted by Crippen LogP contribution is 2.30. The first-order chi connectivity index (χ1) is 9.95. The standard InChI is InChI=1S/C17H19BrClNO/c1-11(2)20-10-13-5-7-15(9-16(13)19)21-17-8-14(18)6-4-12(17)3/h4-9,11,20H,10H2,1-3H3. The number of aryl methyl sites for hydroxylation is 1. The second-order valence-electron chi connectivity index (χ2n) is 5.30. The molecule has 2 nitrogen and oxygen atoms in total. The third-order valence-corrected chi connectivity index (χ3v) is 3.95. The van der Waals surface area contributed by atoms with E-state index in [2.05, 4.69) is 35.1 Å². The highest BCUT2D eigenvalue weighted by molar-refractivity contribution is 9.10. The van der Waals surface area contributed by atoms with Crippen LogP contribution in [0.3, 0.4) is 0 Å². The van der Waals surface area contributed by atoms with E-state index in [9.17, 15) is 0 Å². The fourth-order valence-corrected chi connectivity index (χ4v) is 2.44. The topological polar surface area (TPSA) is 21.3 Å². The molecule has 21 heavy (non-hydrogen) atoms. The van der Waals surface area contributed by atoms with Gasteiger partial charge in [0.15, 0.2) is 0 Å². The van der Waals surface area contributed by atoms with E-state index < -0.39 is 0 Å². The molecule has 0 heterocycles. The number of rotatable bonds is 5. The second-order valence-corrected chi connectivity index (χ2v) is 6.62. The third-order valence-electron chi connectivity index (χ3n) is 3.10. The molecule has 0 aliphatic heterocycles. The largest absolute Gasteiger partial charge is 0.457 e. The van der Waals surface area contributed by atoms with Gasteiger partial charge < -0.3 is 10.1 Å². The van der Waals surface area contributed by atoms with Gasteiger partial charge in [0.1, 0.15) is 11.5 Å². The summed E-state index contributed by atoms with van der Waals surface area (Å²) in [6, 6.07) is 12.2. The molecular formula is C17H19BrClNO. The van der Waals surface area contributed by atoms with Crippen LogP contribution in [0, 0.1) is 6.92 Å². The van der Waals surface area contributed by atoms with Gasteiger partial charge in [0.05, 0.1) is 0 Å². The number of benzene rings is 2. The van der Waals surface area contributed by atoms with Crippen molar-refractivity contribution >= 4 is 27.5 Å². The van der Waals surface area contributed by atoms with Crippen molar-refractivity contribution in [2.45, 2.75) is 33.4 Å². The molecule has 2 rings (SSSR count). The zero-order chi connectivity index (χ0) is 15.4. The van der Waals surface area contributed by atoms with Gasteiger partial charge >= 0.3 is 0 Å². The van der Waals surface area contributed by atoms with Gasteiger partial charge in [-0.25, -0.2) is 0 Å². The molecule has 112 valence electrons. The second kappa shape index (κ2) is 7.30. The Labute approximate surface area is 139 Å². The minimum atomic E-state index is 0.432. The highest BCUT2D eigenvalue weighted by atomic mass is 79.9. The molecule has 0 atom stereocenters. The quantitative estimate of drug-likeness (QED) is 0.730. The van der Waals surface area contributed by atoms with Gasteiger partial charge in [-0.15, -0.1) is 0 Å². The number of hydrogen-bond acceptors (Lipinski definition) is 2. The summed E-state index contributed by atoms with van der Waals surface area (Å²) in [5.41, 5.74) is 2.16. The molecule has 1 N–H and O–H groups in total. The maximum Gasteiger partial charge on any atom is 0.131 e. The molecule has 0 spiro atoms. The Morgan fingerprint density at radius 2 is 1.95 bits per heavy atom. The number of hydrogen-bond donors (Lipinski definition) is 1. The lowest BCUT2D eigenvalue weighted by molar-refractivity contribution is 0.478. The van der Waals surface area contributed by atoms with Crippen LogP contribution in [-0.4, -0.2) is 6.04 Å². The summed E-state index contributed by atoms with van der Waals surface area (Å²) in [6.45, 7) is 7.00. The van der Waals surface area contributed by atoms with Gasteiger partial charge in [-0.2, -0.15) is 0 Å². The van der Waals surface area contributed by atoms with Gasteiger partial charge in [-0.1, -0.05) is 53.5 Å². The summed E-state index contributed by atoms with van der Waals surface area (Å²) in [7, 11) is 0. The Bertz CT molecular complexity index is 628. The van der Waals surface area contributed by atoms with E-state index in [4.69, 9.17) is 16.3 Å². The van der Waals surface area contributed by atoms with Crippen molar-refractivity contribution in [2.24, 2.45) is 0 Å². The summed E-state index contributed by atoms with van der Waals surface area (Å²) in [4.78, 5) is 0. The van der Waals surface area contributed by atoms with Crippen LogP contribution < -0.4 is 10.1 Å². The Morgan fingerprint density at radius 1 is 1.19 bits per heavy atom. The van der Waals surface area contributed by atoms with Crippen LogP contribution in [0.5, 0.6) is 11.5 Å². The van der Waals surface area contributed by atoms with E-state index in [1.165, 1.54) is 0 Å². The molecule has 0 aliphatic carbocycles. The highest BCUT2D eigenvalue weighted by Gasteiger charge is 2.06. The minimum Gasteiger partial charge on any atom is -0.457 e. The van der Waals surface area contributed by atoms with Crippen molar-refractivity contribution in [2.75, 3.05) is 0 Å². The first-order valence-electron chi connectivity index (χ1n) is 6.91. The first kappa shape index (κ1) is 16.3. The fraction of sp³-hybridized carbons (Fsp3) is 0.294. The van der Waals surface area contributed by atoms with E-state index in [1.54, 1.807) is 0 Å². The molecule has 0 aliphatic rings. The summed E-state index contributed by atoms with van der Waals surface area (Å²) in [5, 5.41) is 4.07. The van der Waals surface area contributed by atoms with Gasteiger partial charge in [-0.3, -0.25) is 0 Å². The van der Waals surface area contributed by atoms with Crippen LogP contribution in [0.25, 0.3) is 0 Å². The Kier molecular flexibility index (Phi) is 5.68. The lowest BCUT2D eigenvalue weighted by atomic mass is 10.2. The average Bonchev–Trinajstić information content (AvgIpc) is 2.42. The lowest BCUT2D eigenvalue weighted by Gasteiger charge is -2.12. The van der Waals surface area contributed by atoms with Crippen LogP contribution >= 0.6 is 27.5 Å². The van der Waals surface area contributed by atoms with Crippen molar-refractivity contribution in [3.63, 3.8) is 0 Å². The van der Waals surface area contributed by atoms with Crippen LogP contribution in [0.2, 0.25) is 5.02 Å². The number of ether oxygens (including phenoxy) is 1. The maximum atomic E-state index is 6.32. The minimum absolute atomic E-state index is 0.432. The molecule has 0 bridgehead atoms. The molecule has 0 saturated heterocycles. The smallest absolute Gasteiger partial charge is 0.131 e. The fourth-order valence-electron chi connectivity index (χ4n) is 1.86. The van der Waals surface area contributed by atoms with E-state index in [1.807, 2.05) is 43.3 Å². The normalized spacial score (nSPS) is 11.0. The van der Waals surface area contributed by atoms with Gasteiger partial charge in [0, 0.05) is 22.1 Å². The maximum absolute atomic E-state index is 6.32. The molecule has 2 aromatic rings. The van der Waals surface area contributed by atoms with E-state index >= 15 is 0 Å².